The summed E-state index contributed by atoms with van der Waals surface area (Å²) in [5.41, 5.74) is 17.4. The van der Waals surface area contributed by atoms with Crippen LogP contribution in [-0.4, -0.2) is 10.9 Å². The molecule has 0 saturated carbocycles. The number of allylic oxidation sites excluding steroid dienone is 2. The molecule has 0 saturated heterocycles. The van der Waals surface area contributed by atoms with Crippen molar-refractivity contribution in [3.63, 3.8) is 0 Å². The fraction of sp³-hybridized carbons (Fsp3) is 0.0417. The second-order valence-electron chi connectivity index (χ2n) is 13.3. The average molecular weight is 693 g/mol. The maximum atomic E-state index is 12.7. The Labute approximate surface area is 306 Å². The Morgan fingerprint density at radius 3 is 1.40 bits per heavy atom. The topological polar surface area (TPSA) is 58.3 Å². The van der Waals surface area contributed by atoms with Crippen LogP contribution in [0.3, 0.4) is 0 Å². The molecule has 4 heteroatoms. The number of nitrogens with two attached hydrogens (primary N) is 1. The quantitative estimate of drug-likeness (QED) is 0.132. The fourth-order valence-corrected chi connectivity index (χ4v) is 10.4. The Morgan fingerprint density at radius 1 is 0.462 bits per heavy atom. The molecule has 1 aliphatic heterocycles. The zero-order valence-electron chi connectivity index (χ0n) is 28.8. The number of hydrogen-bond donors (Lipinski definition) is 3. The molecule has 0 radical (unpaired) electrons. The summed E-state index contributed by atoms with van der Waals surface area (Å²) in [6.45, 7) is 0. The van der Waals surface area contributed by atoms with Crippen LogP contribution >= 0.6 is 7.49 Å². The van der Waals surface area contributed by atoms with Crippen molar-refractivity contribution in [2.45, 2.75) is 12.1 Å². The van der Waals surface area contributed by atoms with Crippen molar-refractivity contribution in [3.05, 3.63) is 223 Å². The first-order valence-corrected chi connectivity index (χ1v) is 19.7. The first-order valence-electron chi connectivity index (χ1n) is 17.8. The molecule has 0 fully saturated rings. The second kappa shape index (κ2) is 14.8. The predicted molar refractivity (Wildman–Crippen MR) is 222 cm³/mol. The van der Waals surface area contributed by atoms with Crippen LogP contribution in [0.2, 0.25) is 0 Å². The van der Waals surface area contributed by atoms with Crippen molar-refractivity contribution in [3.8, 4) is 22.3 Å². The van der Waals surface area contributed by atoms with Crippen molar-refractivity contribution in [1.29, 1.82) is 0 Å². The summed E-state index contributed by atoms with van der Waals surface area (Å²) in [7, 11) is -3.31. The monoisotopic (exact) mass is 692 g/mol. The van der Waals surface area contributed by atoms with Crippen molar-refractivity contribution >= 4 is 34.5 Å². The van der Waals surface area contributed by atoms with Gasteiger partial charge in [0.1, 0.15) is 0 Å². The molecular weight excluding hydrogens is 652 g/mol. The van der Waals surface area contributed by atoms with Gasteiger partial charge in [-0.15, -0.1) is 0 Å². The van der Waals surface area contributed by atoms with Crippen LogP contribution in [0.25, 0.3) is 33.4 Å². The first kappa shape index (κ1) is 33.3. The van der Waals surface area contributed by atoms with Crippen molar-refractivity contribution < 1.29 is 4.89 Å². The van der Waals surface area contributed by atoms with E-state index in [-0.39, 0.29) is 6.04 Å². The number of benzene rings is 7. The van der Waals surface area contributed by atoms with Gasteiger partial charge in [0.15, 0.2) is 0 Å². The van der Waals surface area contributed by atoms with E-state index in [1.54, 1.807) is 0 Å². The van der Waals surface area contributed by atoms with Gasteiger partial charge in [0, 0.05) is 0 Å². The normalized spacial score (nSPS) is 15.2. The minimum absolute atomic E-state index is 0.214. The molecule has 0 aromatic heterocycles. The molecule has 0 aliphatic carbocycles. The van der Waals surface area contributed by atoms with E-state index in [0.29, 0.717) is 0 Å². The van der Waals surface area contributed by atoms with Crippen LogP contribution in [0.5, 0.6) is 0 Å². The molecule has 52 heavy (non-hydrogen) atoms. The molecule has 7 aromatic rings. The molecular formula is C48H41N2OP. The molecule has 0 spiro atoms. The molecule has 1 heterocycles. The number of dihydropyridines is 1. The minimum atomic E-state index is -3.31. The third-order valence-corrected chi connectivity index (χ3v) is 13.6. The average Bonchev–Trinajstić information content (AvgIpc) is 3.24. The van der Waals surface area contributed by atoms with Crippen molar-refractivity contribution in [1.82, 2.24) is 5.32 Å². The van der Waals surface area contributed by atoms with Gasteiger partial charge < -0.3 is 0 Å². The van der Waals surface area contributed by atoms with E-state index < -0.39 is 13.5 Å². The van der Waals surface area contributed by atoms with Gasteiger partial charge in [-0.2, -0.15) is 0 Å². The predicted octanol–water partition coefficient (Wildman–Crippen LogP) is 9.05. The van der Waals surface area contributed by atoms with Crippen LogP contribution in [0.4, 0.5) is 0 Å². The SMILES string of the molecule is NC(c1cccc([PH](O)(c2ccccc2)c2ccccc2)c1)[C@@H]1NC=C(c2ccc(-c3ccccc3)cc2)C=C1c1ccc(-c2ccccc2)cc1. The summed E-state index contributed by atoms with van der Waals surface area (Å²) in [5.74, 6) is 0. The van der Waals surface area contributed by atoms with Gasteiger partial charge in [-0.1, -0.05) is 48.5 Å². The van der Waals surface area contributed by atoms with Gasteiger partial charge in [-0.25, -0.2) is 0 Å². The molecule has 0 amide bonds. The summed E-state index contributed by atoms with van der Waals surface area (Å²) in [5, 5.41) is 6.50. The van der Waals surface area contributed by atoms with Gasteiger partial charge >= 0.3 is 254 Å². The third-order valence-electron chi connectivity index (χ3n) is 10.1. The van der Waals surface area contributed by atoms with Crippen LogP contribution in [-0.2, 0) is 0 Å². The first-order chi connectivity index (χ1) is 25.6. The molecule has 7 aromatic carbocycles. The van der Waals surface area contributed by atoms with Gasteiger partial charge in [0.05, 0.1) is 0 Å². The molecule has 4 N–H and O–H groups in total. The summed E-state index contributed by atoms with van der Waals surface area (Å²) < 4.78 is 0. The van der Waals surface area contributed by atoms with E-state index in [1.807, 2.05) is 84.9 Å². The third kappa shape index (κ3) is 6.66. The summed E-state index contributed by atoms with van der Waals surface area (Å²) in [6, 6.07) is 66.2. The van der Waals surface area contributed by atoms with Crippen molar-refractivity contribution in [2.75, 3.05) is 0 Å². The Balaban J connectivity index is 1.17. The number of hydrogen-bond acceptors (Lipinski definition) is 3. The van der Waals surface area contributed by atoms with Crippen LogP contribution in [0.1, 0.15) is 22.7 Å². The zero-order chi connectivity index (χ0) is 35.3. The Bertz CT molecular complexity index is 2280. The van der Waals surface area contributed by atoms with Crippen LogP contribution in [0.15, 0.2) is 206 Å². The maximum absolute atomic E-state index is 12.7. The van der Waals surface area contributed by atoms with E-state index in [1.165, 1.54) is 22.3 Å². The van der Waals surface area contributed by atoms with Gasteiger partial charge in [-0.3, -0.25) is 0 Å². The van der Waals surface area contributed by atoms with E-state index in [2.05, 4.69) is 127 Å². The zero-order valence-corrected chi connectivity index (χ0v) is 29.8. The van der Waals surface area contributed by atoms with E-state index in [0.717, 1.165) is 43.8 Å². The second-order valence-corrected chi connectivity index (χ2v) is 16.5. The van der Waals surface area contributed by atoms with Gasteiger partial charge in [0.2, 0.25) is 0 Å². The summed E-state index contributed by atoms with van der Waals surface area (Å²) in [6.07, 6.45) is 4.37. The molecule has 254 valence electrons. The Kier molecular flexibility index (Phi) is 9.48. The molecule has 1 unspecified atom stereocenters. The molecule has 3 nitrogen and oxygen atoms in total. The standard InChI is InChI=1S/C48H41N2OP/c49-47(41-18-13-23-45(32-41)52(51,43-19-9-3-10-20-43)44-21-11-4-12-22-44)48-46(40-30-28-38(29-31-40)36-16-7-2-8-17-36)33-42(34-50-48)39-26-24-37(25-27-39)35-14-5-1-6-15-35/h1-34,47-48,50-52H,49H2/t47?,48-/m1/s1. The van der Waals surface area contributed by atoms with Crippen LogP contribution < -0.4 is 27.0 Å². The van der Waals surface area contributed by atoms with Crippen LogP contribution in [0, 0.1) is 0 Å². The fourth-order valence-electron chi connectivity index (χ4n) is 7.29. The molecule has 1 aliphatic rings. The number of nitrogens with one attached hydrogen (secondary N) is 1. The van der Waals surface area contributed by atoms with E-state index >= 15 is 0 Å². The molecule has 8 rings (SSSR count). The van der Waals surface area contributed by atoms with Crippen molar-refractivity contribution in [2.24, 2.45) is 5.73 Å². The van der Waals surface area contributed by atoms with E-state index in [9.17, 15) is 4.89 Å². The summed E-state index contributed by atoms with van der Waals surface area (Å²) in [4.78, 5) is 12.7. The number of rotatable bonds is 9. The Morgan fingerprint density at radius 2 is 0.885 bits per heavy atom. The Hall–Kier alpha value is -5.83. The molecule has 0 bridgehead atoms. The van der Waals surface area contributed by atoms with E-state index in [4.69, 9.17) is 5.73 Å². The summed E-state index contributed by atoms with van der Waals surface area (Å²) >= 11 is 0. The molecule has 2 atom stereocenters. The van der Waals surface area contributed by atoms with Gasteiger partial charge in [-0.05, 0) is 5.56 Å². The van der Waals surface area contributed by atoms with Gasteiger partial charge in [0.25, 0.3) is 0 Å².